The third kappa shape index (κ3) is 8.07. The number of nitro benzene ring substituents is 1. The van der Waals surface area contributed by atoms with Crippen molar-refractivity contribution in [1.82, 2.24) is 4.90 Å². The Morgan fingerprint density at radius 1 is 0.977 bits per heavy atom. The molecule has 43 heavy (non-hydrogen) atoms. The van der Waals surface area contributed by atoms with E-state index in [1.807, 2.05) is 0 Å². The minimum Gasteiger partial charge on any atom is -0.382 e. The molecule has 9 nitrogen and oxygen atoms in total. The summed E-state index contributed by atoms with van der Waals surface area (Å²) in [5.41, 5.74) is -3.33. The highest BCUT2D eigenvalue weighted by atomic mass is 19.4. The Labute approximate surface area is 243 Å². The average molecular weight is 614 g/mol. The summed E-state index contributed by atoms with van der Waals surface area (Å²) < 4.78 is 85.8. The average Bonchev–Trinajstić information content (AvgIpc) is 3.22. The predicted molar refractivity (Wildman–Crippen MR) is 143 cm³/mol. The number of hydrogen-bond acceptors (Lipinski definition) is 7. The molecule has 0 spiro atoms. The van der Waals surface area contributed by atoms with Crippen LogP contribution < -0.4 is 10.2 Å². The van der Waals surface area contributed by atoms with Crippen LogP contribution in [-0.4, -0.2) is 60.7 Å². The first kappa shape index (κ1) is 31.9. The lowest BCUT2D eigenvalue weighted by Crippen LogP contribution is -2.39. The summed E-state index contributed by atoms with van der Waals surface area (Å²) in [6.07, 6.45) is -6.88. The summed E-state index contributed by atoms with van der Waals surface area (Å²) in [6, 6.07) is 7.84. The van der Waals surface area contributed by atoms with Crippen LogP contribution in [0.2, 0.25) is 0 Å². The van der Waals surface area contributed by atoms with E-state index >= 15 is 0 Å². The maximum absolute atomic E-state index is 13.4. The highest BCUT2D eigenvalue weighted by Crippen LogP contribution is 2.38. The van der Waals surface area contributed by atoms with Gasteiger partial charge in [0.05, 0.1) is 28.2 Å². The van der Waals surface area contributed by atoms with Crippen LogP contribution in [0.15, 0.2) is 36.4 Å². The molecule has 2 fully saturated rings. The second-order valence-electron chi connectivity index (χ2n) is 10.5. The smallest absolute Gasteiger partial charge is 0.382 e. The van der Waals surface area contributed by atoms with Crippen LogP contribution in [0.5, 0.6) is 0 Å². The van der Waals surface area contributed by atoms with Gasteiger partial charge in [0, 0.05) is 49.7 Å². The van der Waals surface area contributed by atoms with Gasteiger partial charge in [-0.05, 0) is 62.4 Å². The van der Waals surface area contributed by atoms with Gasteiger partial charge in [-0.2, -0.15) is 31.6 Å². The highest BCUT2D eigenvalue weighted by molar-refractivity contribution is 5.77. The van der Waals surface area contributed by atoms with Crippen LogP contribution in [0.25, 0.3) is 0 Å². The van der Waals surface area contributed by atoms with Crippen molar-refractivity contribution < 1.29 is 40.8 Å². The molecule has 2 aromatic rings. The Balaban J connectivity index is 1.25. The van der Waals surface area contributed by atoms with Crippen molar-refractivity contribution >= 4 is 23.0 Å². The molecule has 232 valence electrons. The van der Waals surface area contributed by atoms with Crippen molar-refractivity contribution in [2.24, 2.45) is 0 Å². The van der Waals surface area contributed by atoms with Crippen molar-refractivity contribution in [3.63, 3.8) is 0 Å². The van der Waals surface area contributed by atoms with E-state index < -0.39 is 39.7 Å². The first-order valence-corrected chi connectivity index (χ1v) is 13.6. The number of carbonyl (C=O) groups is 1. The number of nitriles is 1. The van der Waals surface area contributed by atoms with Gasteiger partial charge in [-0.3, -0.25) is 14.9 Å². The standard InChI is InChI=1S/C28H29F6N5O4/c29-27(30,31)23-14-20(3-2-18(23)16-35)36-19-4-7-22(8-5-19)43-17-26(40)38-11-1-10-37(12-13-38)21-6-9-25(39(41)42)24(15-21)28(32,33)34/h2-3,6,9,14-15,19,22,36H,1,4-5,7-8,10-13,17H2/t19-,22-. The number of nitrogens with zero attached hydrogens (tertiary/aromatic N) is 4. The number of nitro groups is 1. The van der Waals surface area contributed by atoms with Gasteiger partial charge in [0.1, 0.15) is 12.2 Å². The van der Waals surface area contributed by atoms with E-state index in [0.717, 1.165) is 24.3 Å². The molecule has 1 saturated carbocycles. The van der Waals surface area contributed by atoms with Gasteiger partial charge in [-0.25, -0.2) is 0 Å². The Hall–Kier alpha value is -4.06. The van der Waals surface area contributed by atoms with E-state index in [1.54, 1.807) is 15.9 Å². The number of hydrogen-bond donors (Lipinski definition) is 1. The van der Waals surface area contributed by atoms with Gasteiger partial charge in [0.15, 0.2) is 0 Å². The van der Waals surface area contributed by atoms with Gasteiger partial charge in [-0.15, -0.1) is 0 Å². The molecule has 0 aromatic heterocycles. The van der Waals surface area contributed by atoms with Gasteiger partial charge >= 0.3 is 12.4 Å². The zero-order valence-corrected chi connectivity index (χ0v) is 22.9. The van der Waals surface area contributed by atoms with Crippen molar-refractivity contribution in [2.45, 2.75) is 56.6 Å². The number of ether oxygens (including phenoxy) is 1. The molecule has 1 aliphatic carbocycles. The predicted octanol–water partition coefficient (Wildman–Crippen LogP) is 5.98. The fourth-order valence-electron chi connectivity index (χ4n) is 5.39. The lowest BCUT2D eigenvalue weighted by molar-refractivity contribution is -0.388. The molecule has 1 heterocycles. The molecule has 4 rings (SSSR count). The summed E-state index contributed by atoms with van der Waals surface area (Å²) in [5, 5.41) is 23.1. The van der Waals surface area contributed by atoms with Crippen LogP contribution in [-0.2, 0) is 21.9 Å². The van der Waals surface area contributed by atoms with Crippen molar-refractivity contribution in [3.8, 4) is 6.07 Å². The molecular formula is C28H29F6N5O4. The number of halogens is 6. The van der Waals surface area contributed by atoms with Crippen LogP contribution in [0.1, 0.15) is 48.8 Å². The number of nitrogens with one attached hydrogen (secondary N) is 1. The number of rotatable bonds is 7. The Bertz CT molecular complexity index is 1370. The second kappa shape index (κ2) is 13.1. The minimum atomic E-state index is -4.89. The van der Waals surface area contributed by atoms with Crippen LogP contribution in [0.4, 0.5) is 43.4 Å². The SMILES string of the molecule is N#Cc1ccc(N[C@H]2CC[C@H](OCC(=O)N3CCCN(c4ccc([N+](=O)[O-])c(C(F)(F)F)c4)CC3)CC2)cc1C(F)(F)F. The lowest BCUT2D eigenvalue weighted by Gasteiger charge is -2.30. The topological polar surface area (TPSA) is 112 Å². The first-order chi connectivity index (χ1) is 20.3. The van der Waals surface area contributed by atoms with Gasteiger partial charge < -0.3 is 19.9 Å². The van der Waals surface area contributed by atoms with Gasteiger partial charge in [0.2, 0.25) is 5.91 Å². The monoisotopic (exact) mass is 613 g/mol. The third-order valence-electron chi connectivity index (χ3n) is 7.63. The van der Waals surface area contributed by atoms with Crippen LogP contribution in [0.3, 0.4) is 0 Å². The van der Waals surface area contributed by atoms with Crippen molar-refractivity contribution in [2.75, 3.05) is 43.0 Å². The fraction of sp³-hybridized carbons (Fsp3) is 0.500. The molecule has 2 aromatic carbocycles. The third-order valence-corrected chi connectivity index (χ3v) is 7.63. The van der Waals surface area contributed by atoms with Crippen molar-refractivity contribution in [1.29, 1.82) is 5.26 Å². The number of alkyl halides is 6. The van der Waals surface area contributed by atoms with Crippen LogP contribution in [0, 0.1) is 21.4 Å². The Morgan fingerprint density at radius 2 is 1.67 bits per heavy atom. The number of anilines is 2. The molecule has 1 amide bonds. The van der Waals surface area contributed by atoms with E-state index in [9.17, 15) is 41.3 Å². The fourth-order valence-corrected chi connectivity index (χ4v) is 5.39. The largest absolute Gasteiger partial charge is 0.423 e. The quantitative estimate of drug-likeness (QED) is 0.232. The summed E-state index contributed by atoms with van der Waals surface area (Å²) in [4.78, 5) is 26.1. The molecule has 0 unspecified atom stereocenters. The zero-order valence-electron chi connectivity index (χ0n) is 22.9. The van der Waals surface area contributed by atoms with Gasteiger partial charge in [0.25, 0.3) is 5.69 Å². The van der Waals surface area contributed by atoms with E-state index in [1.165, 1.54) is 12.1 Å². The molecule has 1 N–H and O–H groups in total. The van der Waals surface area contributed by atoms with E-state index in [-0.39, 0.29) is 49.1 Å². The summed E-state index contributed by atoms with van der Waals surface area (Å²) >= 11 is 0. The molecule has 2 aliphatic rings. The summed E-state index contributed by atoms with van der Waals surface area (Å²) in [6.45, 7) is 1.03. The maximum atomic E-state index is 13.4. The van der Waals surface area contributed by atoms with Crippen LogP contribution >= 0.6 is 0 Å². The molecule has 0 bridgehead atoms. The zero-order chi connectivity index (χ0) is 31.4. The Morgan fingerprint density at radius 3 is 2.30 bits per heavy atom. The normalized spacial score (nSPS) is 19.8. The Kier molecular flexibility index (Phi) is 9.69. The second-order valence-corrected chi connectivity index (χ2v) is 10.5. The van der Waals surface area contributed by atoms with E-state index in [2.05, 4.69) is 5.32 Å². The highest BCUT2D eigenvalue weighted by Gasteiger charge is 2.39. The molecule has 0 radical (unpaired) electrons. The molecule has 1 saturated heterocycles. The molecule has 1 aliphatic heterocycles. The number of amides is 1. The van der Waals surface area contributed by atoms with Crippen molar-refractivity contribution in [3.05, 3.63) is 63.2 Å². The molecular weight excluding hydrogens is 584 g/mol. The minimum absolute atomic E-state index is 0.0987. The lowest BCUT2D eigenvalue weighted by atomic mass is 9.92. The number of carbonyl (C=O) groups excluding carboxylic acids is 1. The van der Waals surface area contributed by atoms with E-state index in [4.69, 9.17) is 10.00 Å². The van der Waals surface area contributed by atoms with Gasteiger partial charge in [-0.1, -0.05) is 0 Å². The molecule has 15 heteroatoms. The first-order valence-electron chi connectivity index (χ1n) is 13.6. The van der Waals surface area contributed by atoms with E-state index in [0.29, 0.717) is 45.2 Å². The number of benzene rings is 2. The summed E-state index contributed by atoms with van der Waals surface area (Å²) in [7, 11) is 0. The molecule has 0 atom stereocenters. The maximum Gasteiger partial charge on any atom is 0.423 e. The summed E-state index contributed by atoms with van der Waals surface area (Å²) in [5.74, 6) is -0.265.